The number of likely N-dealkylation sites (N-methyl/N-ethyl adjacent to an activating group) is 1. The van der Waals surface area contributed by atoms with Crippen molar-refractivity contribution >= 4 is 16.9 Å². The predicted molar refractivity (Wildman–Crippen MR) is 80.2 cm³/mol. The molecule has 2 unspecified atom stereocenters. The third kappa shape index (κ3) is 2.80. The summed E-state index contributed by atoms with van der Waals surface area (Å²) < 4.78 is 5.64. The molecule has 1 aromatic carbocycles. The van der Waals surface area contributed by atoms with Crippen LogP contribution < -0.4 is 0 Å². The molecule has 1 fully saturated rings. The smallest absolute Gasteiger partial charge is 0.289 e. The molecule has 2 heterocycles. The molecule has 1 aliphatic heterocycles. The van der Waals surface area contributed by atoms with E-state index in [9.17, 15) is 9.90 Å². The third-order valence-electron chi connectivity index (χ3n) is 3.87. The van der Waals surface area contributed by atoms with Crippen molar-refractivity contribution in [2.75, 3.05) is 27.2 Å². The van der Waals surface area contributed by atoms with Gasteiger partial charge in [0, 0.05) is 24.5 Å². The van der Waals surface area contributed by atoms with Crippen molar-refractivity contribution in [2.24, 2.45) is 0 Å². The molecule has 1 N–H and O–H groups in total. The zero-order chi connectivity index (χ0) is 15.0. The van der Waals surface area contributed by atoms with Crippen LogP contribution in [0.1, 0.15) is 17.0 Å². The molecule has 5 heteroatoms. The second-order valence-electron chi connectivity index (χ2n) is 5.91. The van der Waals surface area contributed by atoms with Crippen LogP contribution in [-0.2, 0) is 0 Å². The molecule has 112 valence electrons. The number of rotatable bonds is 3. The van der Waals surface area contributed by atoms with Gasteiger partial charge >= 0.3 is 0 Å². The first-order valence-electron chi connectivity index (χ1n) is 7.17. The van der Waals surface area contributed by atoms with Crippen LogP contribution in [0.4, 0.5) is 0 Å². The number of furan rings is 1. The fourth-order valence-electron chi connectivity index (χ4n) is 2.96. The number of aliphatic hydroxyl groups excluding tert-OH is 1. The Bertz CT molecular complexity index is 617. The monoisotopic (exact) mass is 288 g/mol. The van der Waals surface area contributed by atoms with Gasteiger partial charge in [0.2, 0.25) is 0 Å². The number of benzene rings is 1. The van der Waals surface area contributed by atoms with E-state index in [1.54, 1.807) is 11.0 Å². The second-order valence-corrected chi connectivity index (χ2v) is 5.91. The van der Waals surface area contributed by atoms with Crippen molar-refractivity contribution in [3.8, 4) is 0 Å². The summed E-state index contributed by atoms with van der Waals surface area (Å²) in [5.41, 5.74) is 0.713. The second kappa shape index (κ2) is 5.50. The lowest BCUT2D eigenvalue weighted by atomic mass is 10.2. The van der Waals surface area contributed by atoms with E-state index in [1.807, 2.05) is 43.3 Å². The Hall–Kier alpha value is -1.85. The number of likely N-dealkylation sites (tertiary alicyclic amines) is 1. The number of β-amino-alcohol motifs (C(OH)–C–C–N with tert-alkyl or cyclic N) is 1. The summed E-state index contributed by atoms with van der Waals surface area (Å²) in [6.07, 6.45) is 0.160. The summed E-state index contributed by atoms with van der Waals surface area (Å²) in [4.78, 5) is 16.4. The molecule has 1 aliphatic rings. The molecule has 0 saturated carbocycles. The van der Waals surface area contributed by atoms with E-state index >= 15 is 0 Å². The fourth-order valence-corrected chi connectivity index (χ4v) is 2.96. The van der Waals surface area contributed by atoms with Crippen LogP contribution in [0.5, 0.6) is 0 Å². The van der Waals surface area contributed by atoms with Crippen molar-refractivity contribution in [1.82, 2.24) is 9.80 Å². The molecular weight excluding hydrogens is 268 g/mol. The topological polar surface area (TPSA) is 56.9 Å². The Labute approximate surface area is 123 Å². The van der Waals surface area contributed by atoms with Gasteiger partial charge in [0.15, 0.2) is 5.76 Å². The zero-order valence-corrected chi connectivity index (χ0v) is 12.3. The quantitative estimate of drug-likeness (QED) is 0.931. The van der Waals surface area contributed by atoms with Crippen LogP contribution in [0, 0.1) is 0 Å². The van der Waals surface area contributed by atoms with Crippen molar-refractivity contribution in [3.05, 3.63) is 36.1 Å². The van der Waals surface area contributed by atoms with Crippen LogP contribution in [0.15, 0.2) is 34.7 Å². The largest absolute Gasteiger partial charge is 0.451 e. The van der Waals surface area contributed by atoms with Gasteiger partial charge in [-0.3, -0.25) is 4.79 Å². The van der Waals surface area contributed by atoms with Gasteiger partial charge < -0.3 is 19.3 Å². The number of hydrogen-bond acceptors (Lipinski definition) is 4. The number of carbonyl (C=O) groups excluding carboxylic acids is 1. The number of hydrogen-bond donors (Lipinski definition) is 1. The molecular formula is C16H20N2O3. The summed E-state index contributed by atoms with van der Waals surface area (Å²) in [6.45, 7) is 1.11. The normalized spacial score (nSPS) is 22.4. The molecule has 1 saturated heterocycles. The molecule has 0 radical (unpaired) electrons. The lowest BCUT2D eigenvalue weighted by molar-refractivity contribution is 0.0669. The highest BCUT2D eigenvalue weighted by Crippen LogP contribution is 2.25. The highest BCUT2D eigenvalue weighted by atomic mass is 16.3. The van der Waals surface area contributed by atoms with Crippen LogP contribution in [0.25, 0.3) is 11.0 Å². The van der Waals surface area contributed by atoms with Crippen LogP contribution in [0.2, 0.25) is 0 Å². The van der Waals surface area contributed by atoms with Crippen LogP contribution in [0.3, 0.4) is 0 Å². The Morgan fingerprint density at radius 2 is 2.19 bits per heavy atom. The summed E-state index contributed by atoms with van der Waals surface area (Å²) in [7, 11) is 3.93. The first-order valence-corrected chi connectivity index (χ1v) is 7.17. The van der Waals surface area contributed by atoms with Crippen LogP contribution in [-0.4, -0.2) is 60.1 Å². The SMILES string of the molecule is CN(C)CC1CC(O)CN1C(=O)c1cc2ccccc2o1. The van der Waals surface area contributed by atoms with Gasteiger partial charge in [-0.05, 0) is 32.6 Å². The molecule has 1 aromatic heterocycles. The van der Waals surface area contributed by atoms with Gasteiger partial charge in [-0.1, -0.05) is 18.2 Å². The van der Waals surface area contributed by atoms with Gasteiger partial charge in [-0.15, -0.1) is 0 Å². The predicted octanol–water partition coefficient (Wildman–Crippen LogP) is 1.57. The third-order valence-corrected chi connectivity index (χ3v) is 3.87. The van der Waals surface area contributed by atoms with E-state index in [4.69, 9.17) is 4.42 Å². The number of nitrogens with zero attached hydrogens (tertiary/aromatic N) is 2. The Morgan fingerprint density at radius 1 is 1.43 bits per heavy atom. The molecule has 0 bridgehead atoms. The maximum Gasteiger partial charge on any atom is 0.289 e. The number of carbonyl (C=O) groups is 1. The Balaban J connectivity index is 1.85. The lowest BCUT2D eigenvalue weighted by Gasteiger charge is -2.25. The van der Waals surface area contributed by atoms with Crippen LogP contribution >= 0.6 is 0 Å². The summed E-state index contributed by atoms with van der Waals surface area (Å²) in [6, 6.07) is 9.37. The Kier molecular flexibility index (Phi) is 3.69. The van der Waals surface area contributed by atoms with Crippen molar-refractivity contribution < 1.29 is 14.3 Å². The molecule has 21 heavy (non-hydrogen) atoms. The lowest BCUT2D eigenvalue weighted by Crippen LogP contribution is -2.41. The van der Waals surface area contributed by atoms with Gasteiger partial charge in [0.1, 0.15) is 5.58 Å². The standard InChI is InChI=1S/C16H20N2O3/c1-17(2)9-12-8-13(19)10-18(12)16(20)15-7-11-5-3-4-6-14(11)21-15/h3-7,12-13,19H,8-10H2,1-2H3. The minimum Gasteiger partial charge on any atom is -0.451 e. The van der Waals surface area contributed by atoms with E-state index < -0.39 is 6.10 Å². The van der Waals surface area contributed by atoms with Gasteiger partial charge in [-0.25, -0.2) is 0 Å². The average Bonchev–Trinajstić information content (AvgIpc) is 3.00. The number of para-hydroxylation sites is 1. The number of fused-ring (bicyclic) bond motifs is 1. The molecule has 2 atom stereocenters. The van der Waals surface area contributed by atoms with Crippen molar-refractivity contribution in [3.63, 3.8) is 0 Å². The zero-order valence-electron chi connectivity index (χ0n) is 12.3. The molecule has 0 aliphatic carbocycles. The summed E-state index contributed by atoms with van der Waals surface area (Å²) in [5.74, 6) is 0.198. The minimum atomic E-state index is -0.455. The fraction of sp³-hybridized carbons (Fsp3) is 0.438. The maximum atomic E-state index is 12.7. The number of amides is 1. The van der Waals surface area contributed by atoms with E-state index in [-0.39, 0.29) is 11.9 Å². The average molecular weight is 288 g/mol. The highest BCUT2D eigenvalue weighted by Gasteiger charge is 2.36. The summed E-state index contributed by atoms with van der Waals surface area (Å²) in [5, 5.41) is 10.8. The first kappa shape index (κ1) is 14.1. The number of aliphatic hydroxyl groups is 1. The molecule has 1 amide bonds. The molecule has 3 rings (SSSR count). The first-order chi connectivity index (χ1) is 10.0. The van der Waals surface area contributed by atoms with Crippen molar-refractivity contribution in [2.45, 2.75) is 18.6 Å². The van der Waals surface area contributed by atoms with Gasteiger partial charge in [-0.2, -0.15) is 0 Å². The molecule has 0 spiro atoms. The molecule has 2 aromatic rings. The summed E-state index contributed by atoms with van der Waals surface area (Å²) >= 11 is 0. The van der Waals surface area contributed by atoms with Gasteiger partial charge in [0.05, 0.1) is 6.10 Å². The van der Waals surface area contributed by atoms with E-state index in [0.29, 0.717) is 24.3 Å². The van der Waals surface area contributed by atoms with Gasteiger partial charge in [0.25, 0.3) is 5.91 Å². The van der Waals surface area contributed by atoms with E-state index in [1.165, 1.54) is 0 Å². The maximum absolute atomic E-state index is 12.7. The molecule has 5 nitrogen and oxygen atoms in total. The Morgan fingerprint density at radius 3 is 2.90 bits per heavy atom. The van der Waals surface area contributed by atoms with Crippen molar-refractivity contribution in [1.29, 1.82) is 0 Å². The van der Waals surface area contributed by atoms with E-state index in [0.717, 1.165) is 11.9 Å². The minimum absolute atomic E-state index is 0.0238. The highest BCUT2D eigenvalue weighted by molar-refractivity contribution is 5.96. The van der Waals surface area contributed by atoms with E-state index in [2.05, 4.69) is 0 Å².